The minimum absolute atomic E-state index is 0.0737. The van der Waals surface area contributed by atoms with Gasteiger partial charge in [-0.25, -0.2) is 8.78 Å². The monoisotopic (exact) mass is 410 g/mol. The van der Waals surface area contributed by atoms with E-state index >= 15 is 0 Å². The van der Waals surface area contributed by atoms with E-state index in [1.807, 2.05) is 6.92 Å². The Bertz CT molecular complexity index is 1180. The Morgan fingerprint density at radius 2 is 1.93 bits per heavy atom. The number of hydrogen-bond acceptors (Lipinski definition) is 2. The van der Waals surface area contributed by atoms with E-state index in [2.05, 4.69) is 5.32 Å². The summed E-state index contributed by atoms with van der Waals surface area (Å²) in [5, 5.41) is 3.26. The highest BCUT2D eigenvalue weighted by atomic mass is 19.1. The Kier molecular flexibility index (Phi) is 5.41. The number of nitrogens with zero attached hydrogens (tertiary/aromatic N) is 1. The van der Waals surface area contributed by atoms with Gasteiger partial charge in [0.2, 0.25) is 0 Å². The molecule has 2 aromatic carbocycles. The molecule has 1 fully saturated rings. The maximum atomic E-state index is 14.6. The largest absolute Gasteiger partial charge is 0.345 e. The van der Waals surface area contributed by atoms with Crippen LogP contribution in [0.2, 0.25) is 0 Å². The second-order valence-corrected chi connectivity index (χ2v) is 7.92. The van der Waals surface area contributed by atoms with E-state index in [-0.39, 0.29) is 29.1 Å². The molecule has 0 bridgehead atoms. The van der Waals surface area contributed by atoms with E-state index in [1.54, 1.807) is 25.1 Å². The lowest BCUT2D eigenvalue weighted by Gasteiger charge is -2.22. The second kappa shape index (κ2) is 8.01. The molecule has 1 unspecified atom stereocenters. The molecular formula is C24H24F2N2O2. The smallest absolute Gasteiger partial charge is 0.261 e. The molecule has 0 saturated heterocycles. The normalized spacial score (nSPS) is 14.7. The summed E-state index contributed by atoms with van der Waals surface area (Å²) in [6.45, 7) is 4.03. The Morgan fingerprint density at radius 3 is 2.60 bits per heavy atom. The summed E-state index contributed by atoms with van der Waals surface area (Å²) in [5.41, 5.74) is 1.08. The van der Waals surface area contributed by atoms with Gasteiger partial charge in [0.05, 0.1) is 17.0 Å². The highest BCUT2D eigenvalue weighted by Crippen LogP contribution is 2.41. The zero-order valence-electron chi connectivity index (χ0n) is 17.0. The summed E-state index contributed by atoms with van der Waals surface area (Å²) < 4.78 is 29.8. The van der Waals surface area contributed by atoms with Crippen LogP contribution in [-0.2, 0) is 6.54 Å². The van der Waals surface area contributed by atoms with Gasteiger partial charge in [-0.2, -0.15) is 0 Å². The molecule has 4 nitrogen and oxygen atoms in total. The lowest BCUT2D eigenvalue weighted by atomic mass is 9.99. The number of nitrogens with one attached hydrogen (secondary N) is 1. The van der Waals surface area contributed by atoms with Crippen molar-refractivity contribution in [1.29, 1.82) is 0 Å². The maximum Gasteiger partial charge on any atom is 0.261 e. The molecule has 1 heterocycles. The highest BCUT2D eigenvalue weighted by Gasteiger charge is 2.34. The van der Waals surface area contributed by atoms with Crippen LogP contribution in [0.4, 0.5) is 8.78 Å². The number of hydrogen-bond donors (Lipinski definition) is 1. The molecule has 1 atom stereocenters. The molecule has 1 aromatic heterocycles. The molecule has 0 radical (unpaired) electrons. The van der Waals surface area contributed by atoms with Crippen LogP contribution in [-0.4, -0.2) is 10.5 Å². The van der Waals surface area contributed by atoms with Gasteiger partial charge in [-0.15, -0.1) is 0 Å². The van der Waals surface area contributed by atoms with Crippen molar-refractivity contribution in [3.05, 3.63) is 81.3 Å². The fourth-order valence-corrected chi connectivity index (χ4v) is 4.16. The number of rotatable bonds is 6. The molecule has 1 N–H and O–H groups in total. The molecule has 3 aromatic rings. The van der Waals surface area contributed by atoms with Crippen molar-refractivity contribution < 1.29 is 13.6 Å². The molecule has 0 aliphatic heterocycles. The summed E-state index contributed by atoms with van der Waals surface area (Å²) >= 11 is 0. The third-order valence-electron chi connectivity index (χ3n) is 5.77. The van der Waals surface area contributed by atoms with Gasteiger partial charge in [0.15, 0.2) is 0 Å². The van der Waals surface area contributed by atoms with Gasteiger partial charge in [-0.1, -0.05) is 31.2 Å². The minimum Gasteiger partial charge on any atom is -0.345 e. The first-order valence-corrected chi connectivity index (χ1v) is 10.3. The van der Waals surface area contributed by atoms with Crippen molar-refractivity contribution in [2.45, 2.75) is 45.7 Å². The molecule has 6 heteroatoms. The molecule has 0 spiro atoms. The number of amides is 1. The van der Waals surface area contributed by atoms with Crippen LogP contribution >= 0.6 is 0 Å². The Balaban J connectivity index is 1.83. The fourth-order valence-electron chi connectivity index (χ4n) is 4.16. The Morgan fingerprint density at radius 1 is 1.20 bits per heavy atom. The van der Waals surface area contributed by atoms with E-state index in [9.17, 15) is 18.4 Å². The second-order valence-electron chi connectivity index (χ2n) is 7.92. The van der Waals surface area contributed by atoms with Gasteiger partial charge < -0.3 is 9.88 Å². The van der Waals surface area contributed by atoms with Crippen LogP contribution in [0.25, 0.3) is 10.8 Å². The number of carbonyl (C=O) groups is 1. The van der Waals surface area contributed by atoms with Crippen LogP contribution in [0.1, 0.15) is 53.8 Å². The molecule has 1 aliphatic carbocycles. The predicted octanol–water partition coefficient (Wildman–Crippen LogP) is 4.88. The van der Waals surface area contributed by atoms with Crippen LogP contribution in [0.3, 0.4) is 0 Å². The molecular weight excluding hydrogens is 386 g/mol. The van der Waals surface area contributed by atoms with Crippen molar-refractivity contribution in [3.63, 3.8) is 0 Å². The minimum atomic E-state index is -0.639. The first-order valence-electron chi connectivity index (χ1n) is 10.3. The number of pyridine rings is 1. The van der Waals surface area contributed by atoms with Crippen molar-refractivity contribution >= 4 is 16.7 Å². The van der Waals surface area contributed by atoms with Crippen molar-refractivity contribution in [3.8, 4) is 0 Å². The zero-order chi connectivity index (χ0) is 21.4. The number of benzene rings is 2. The standard InChI is InChI=1S/C24H24F2N2O2/c1-3-12-28-14(2)20(18-8-5-9-19(26)21(18)24(28)30)23(29)27-22(15-10-11-15)16-6-4-7-17(25)13-16/h4-9,13,15,22H,3,10-12H2,1-2H3,(H,27,29). The van der Waals surface area contributed by atoms with Gasteiger partial charge in [-0.3, -0.25) is 9.59 Å². The first kappa shape index (κ1) is 20.3. The summed E-state index contributed by atoms with van der Waals surface area (Å²) in [6.07, 6.45) is 2.58. The summed E-state index contributed by atoms with van der Waals surface area (Å²) in [5.74, 6) is -1.14. The van der Waals surface area contributed by atoms with E-state index in [1.165, 1.54) is 28.8 Å². The Hall–Kier alpha value is -3.02. The van der Waals surface area contributed by atoms with Crippen molar-refractivity contribution in [2.75, 3.05) is 0 Å². The van der Waals surface area contributed by atoms with E-state index < -0.39 is 11.4 Å². The number of carbonyl (C=O) groups excluding carboxylic acids is 1. The summed E-state index contributed by atoms with van der Waals surface area (Å²) in [7, 11) is 0. The number of fused-ring (bicyclic) bond motifs is 1. The van der Waals surface area contributed by atoms with Crippen molar-refractivity contribution in [2.24, 2.45) is 5.92 Å². The molecule has 1 saturated carbocycles. The van der Waals surface area contributed by atoms with Gasteiger partial charge in [-0.05, 0) is 55.9 Å². The highest BCUT2D eigenvalue weighted by molar-refractivity contribution is 6.08. The lowest BCUT2D eigenvalue weighted by Crippen LogP contribution is -2.33. The van der Waals surface area contributed by atoms with Gasteiger partial charge in [0.25, 0.3) is 11.5 Å². The van der Waals surface area contributed by atoms with Crippen LogP contribution < -0.4 is 10.9 Å². The average Bonchev–Trinajstić information content (AvgIpc) is 3.54. The van der Waals surface area contributed by atoms with Gasteiger partial charge in [0, 0.05) is 17.6 Å². The third kappa shape index (κ3) is 3.62. The summed E-state index contributed by atoms with van der Waals surface area (Å²) in [6, 6.07) is 10.2. The SMILES string of the molecule is CCCn1c(C)c(C(=O)NC(c2cccc(F)c2)C2CC2)c2cccc(F)c2c1=O. The lowest BCUT2D eigenvalue weighted by molar-refractivity contribution is 0.0931. The third-order valence-corrected chi connectivity index (χ3v) is 5.77. The van der Waals surface area contributed by atoms with Gasteiger partial charge in [0.1, 0.15) is 11.6 Å². The van der Waals surface area contributed by atoms with Crippen LogP contribution in [0.5, 0.6) is 0 Å². The van der Waals surface area contributed by atoms with E-state index in [4.69, 9.17) is 0 Å². The van der Waals surface area contributed by atoms with E-state index in [0.29, 0.717) is 35.2 Å². The molecule has 4 rings (SSSR count). The first-order chi connectivity index (χ1) is 14.4. The molecule has 1 aliphatic rings. The molecule has 30 heavy (non-hydrogen) atoms. The topological polar surface area (TPSA) is 51.1 Å². The fraction of sp³-hybridized carbons (Fsp3) is 0.333. The Labute approximate surface area is 173 Å². The van der Waals surface area contributed by atoms with Gasteiger partial charge >= 0.3 is 0 Å². The number of halogens is 2. The maximum absolute atomic E-state index is 14.6. The molecule has 156 valence electrons. The van der Waals surface area contributed by atoms with Crippen LogP contribution in [0, 0.1) is 24.5 Å². The van der Waals surface area contributed by atoms with Crippen molar-refractivity contribution in [1.82, 2.24) is 9.88 Å². The zero-order valence-corrected chi connectivity index (χ0v) is 17.0. The van der Waals surface area contributed by atoms with E-state index in [0.717, 1.165) is 12.8 Å². The predicted molar refractivity (Wildman–Crippen MR) is 113 cm³/mol. The summed E-state index contributed by atoms with van der Waals surface area (Å²) in [4.78, 5) is 26.3. The van der Waals surface area contributed by atoms with Crippen LogP contribution in [0.15, 0.2) is 47.3 Å². The molecule has 1 amide bonds. The average molecular weight is 410 g/mol. The quantitative estimate of drug-likeness (QED) is 0.630. The number of aromatic nitrogens is 1.